The van der Waals surface area contributed by atoms with E-state index in [9.17, 15) is 13.2 Å². The fraction of sp³-hybridized carbons (Fsp3) is 0.167. The maximum Gasteiger partial charge on any atom is 0.264 e. The Labute approximate surface area is 202 Å². The minimum atomic E-state index is -3.95. The quantitative estimate of drug-likeness (QED) is 0.351. The molecule has 3 rings (SSSR count). The summed E-state index contributed by atoms with van der Waals surface area (Å²) in [4.78, 5) is 14.7. The van der Waals surface area contributed by atoms with Gasteiger partial charge in [0.1, 0.15) is 6.54 Å². The summed E-state index contributed by atoms with van der Waals surface area (Å²) in [7, 11) is -0.0685. The molecule has 0 aromatic heterocycles. The minimum absolute atomic E-state index is 0.110. The monoisotopic (exact) mass is 528 g/mol. The van der Waals surface area contributed by atoms with Gasteiger partial charge in [0.2, 0.25) is 0 Å². The van der Waals surface area contributed by atoms with Gasteiger partial charge in [-0.2, -0.15) is 5.10 Å². The Morgan fingerprint density at radius 3 is 2.30 bits per heavy atom. The molecule has 0 aliphatic carbocycles. The molecule has 3 aromatic rings. The Kier molecular flexibility index (Phi) is 7.88. The zero-order valence-electron chi connectivity index (χ0n) is 18.6. The molecule has 0 fully saturated rings. The summed E-state index contributed by atoms with van der Waals surface area (Å²) in [6.45, 7) is 1.46. The fourth-order valence-corrected chi connectivity index (χ4v) is 5.23. The summed E-state index contributed by atoms with van der Waals surface area (Å²) in [6, 6.07) is 20.7. The largest absolute Gasteiger partial charge is 0.377 e. The number of carbonyl (C=O) groups excluding carboxylic acids is 1. The van der Waals surface area contributed by atoms with Crippen molar-refractivity contribution in [1.82, 2.24) is 5.43 Å². The molecule has 0 aliphatic heterocycles. The molecule has 0 atom stereocenters. The highest BCUT2D eigenvalue weighted by molar-refractivity contribution is 9.10. The van der Waals surface area contributed by atoms with E-state index in [4.69, 9.17) is 0 Å². The first-order chi connectivity index (χ1) is 15.7. The van der Waals surface area contributed by atoms with E-state index in [0.717, 1.165) is 25.6 Å². The number of benzene rings is 3. The summed E-state index contributed by atoms with van der Waals surface area (Å²) in [6.07, 6.45) is 1.50. The number of aryl methyl sites for hydroxylation is 1. The number of halogens is 1. The number of para-hydroxylation sites is 1. The third-order valence-electron chi connectivity index (χ3n) is 4.80. The van der Waals surface area contributed by atoms with E-state index in [1.54, 1.807) is 42.5 Å². The molecule has 9 heteroatoms. The van der Waals surface area contributed by atoms with Crippen LogP contribution in [-0.2, 0) is 14.8 Å². The lowest BCUT2D eigenvalue weighted by Crippen LogP contribution is -2.39. The number of rotatable bonds is 8. The molecule has 0 saturated heterocycles. The minimum Gasteiger partial charge on any atom is -0.377 e. The third kappa shape index (κ3) is 6.21. The van der Waals surface area contributed by atoms with Crippen molar-refractivity contribution in [2.24, 2.45) is 5.10 Å². The second-order valence-electron chi connectivity index (χ2n) is 7.56. The first-order valence-electron chi connectivity index (χ1n) is 10.1. The number of anilines is 2. The number of sulfonamides is 1. The molecule has 3 aromatic carbocycles. The molecule has 0 unspecified atom stereocenters. The predicted octanol–water partition coefficient (Wildman–Crippen LogP) is 4.17. The van der Waals surface area contributed by atoms with Gasteiger partial charge in [0, 0.05) is 18.6 Å². The fourth-order valence-electron chi connectivity index (χ4n) is 3.06. The third-order valence-corrected chi connectivity index (χ3v) is 7.22. The summed E-state index contributed by atoms with van der Waals surface area (Å²) in [5.41, 5.74) is 5.54. The van der Waals surface area contributed by atoms with Gasteiger partial charge in [-0.15, -0.1) is 0 Å². The van der Waals surface area contributed by atoms with E-state index >= 15 is 0 Å². The van der Waals surface area contributed by atoms with Crippen LogP contribution in [0.25, 0.3) is 0 Å². The van der Waals surface area contributed by atoms with Crippen molar-refractivity contribution < 1.29 is 13.2 Å². The van der Waals surface area contributed by atoms with Gasteiger partial charge in [0.15, 0.2) is 0 Å². The molecule has 1 N–H and O–H groups in total. The SMILES string of the molecule is Cc1ccc(S(=O)(=O)N(CC(=O)N/N=C\c2ccc(N(C)C)c(Br)c2)c2ccccc2)cc1. The lowest BCUT2D eigenvalue weighted by Gasteiger charge is -2.23. The van der Waals surface area contributed by atoms with Crippen LogP contribution < -0.4 is 14.6 Å². The number of hydrazone groups is 1. The molecule has 0 aliphatic rings. The molecule has 0 radical (unpaired) electrons. The highest BCUT2D eigenvalue weighted by atomic mass is 79.9. The topological polar surface area (TPSA) is 82.1 Å². The highest BCUT2D eigenvalue weighted by Crippen LogP contribution is 2.25. The summed E-state index contributed by atoms with van der Waals surface area (Å²) < 4.78 is 28.6. The Morgan fingerprint density at radius 2 is 1.70 bits per heavy atom. The molecular formula is C24H25BrN4O3S. The molecule has 0 bridgehead atoms. The average Bonchev–Trinajstić information content (AvgIpc) is 2.78. The number of amides is 1. The second kappa shape index (κ2) is 10.6. The van der Waals surface area contributed by atoms with Gasteiger partial charge in [-0.1, -0.05) is 42.0 Å². The van der Waals surface area contributed by atoms with Crippen LogP contribution >= 0.6 is 15.9 Å². The van der Waals surface area contributed by atoms with Crippen molar-refractivity contribution in [2.45, 2.75) is 11.8 Å². The number of hydrogen-bond acceptors (Lipinski definition) is 5. The molecular weight excluding hydrogens is 504 g/mol. The lowest BCUT2D eigenvalue weighted by atomic mass is 10.2. The molecule has 33 heavy (non-hydrogen) atoms. The van der Waals surface area contributed by atoms with E-state index in [1.807, 2.05) is 44.1 Å². The standard InChI is InChI=1S/C24H25BrN4O3S/c1-18-9-12-21(13-10-18)33(31,32)29(20-7-5-4-6-8-20)17-24(30)27-26-16-19-11-14-23(28(2)3)22(25)15-19/h4-16H,17H2,1-3H3,(H,27,30)/b26-16-. The smallest absolute Gasteiger partial charge is 0.264 e. The van der Waals surface area contributed by atoms with Crippen molar-refractivity contribution in [3.8, 4) is 0 Å². The predicted molar refractivity (Wildman–Crippen MR) is 136 cm³/mol. The van der Waals surface area contributed by atoms with Gasteiger partial charge in [-0.25, -0.2) is 13.8 Å². The van der Waals surface area contributed by atoms with E-state index in [0.29, 0.717) is 5.69 Å². The molecule has 0 heterocycles. The van der Waals surface area contributed by atoms with Crippen LogP contribution in [-0.4, -0.2) is 41.2 Å². The normalized spacial score (nSPS) is 11.4. The van der Waals surface area contributed by atoms with Gasteiger partial charge in [0.05, 0.1) is 22.5 Å². The summed E-state index contributed by atoms with van der Waals surface area (Å²) >= 11 is 3.51. The maximum atomic E-state index is 13.3. The van der Waals surface area contributed by atoms with Gasteiger partial charge in [-0.3, -0.25) is 9.10 Å². The second-order valence-corrected chi connectivity index (χ2v) is 10.3. The Balaban J connectivity index is 1.78. The number of hydrogen-bond donors (Lipinski definition) is 1. The van der Waals surface area contributed by atoms with Crippen LogP contribution in [0.4, 0.5) is 11.4 Å². The van der Waals surface area contributed by atoms with Crippen molar-refractivity contribution in [3.63, 3.8) is 0 Å². The molecule has 7 nitrogen and oxygen atoms in total. The van der Waals surface area contributed by atoms with Gasteiger partial charge in [-0.05, 0) is 64.8 Å². The summed E-state index contributed by atoms with van der Waals surface area (Å²) in [5, 5.41) is 3.99. The Bertz CT molecular complexity index is 1240. The van der Waals surface area contributed by atoms with Gasteiger partial charge >= 0.3 is 0 Å². The van der Waals surface area contributed by atoms with Crippen molar-refractivity contribution >= 4 is 49.4 Å². The van der Waals surface area contributed by atoms with Crippen LogP contribution in [0.3, 0.4) is 0 Å². The molecule has 0 spiro atoms. The molecule has 0 saturated carbocycles. The maximum absolute atomic E-state index is 13.3. The zero-order chi connectivity index (χ0) is 24.0. The Hall–Kier alpha value is -3.17. The van der Waals surface area contributed by atoms with Crippen LogP contribution in [0.1, 0.15) is 11.1 Å². The van der Waals surface area contributed by atoms with Gasteiger partial charge in [0.25, 0.3) is 15.9 Å². The summed E-state index contributed by atoms with van der Waals surface area (Å²) in [5.74, 6) is -0.560. The molecule has 172 valence electrons. The van der Waals surface area contributed by atoms with E-state index < -0.39 is 22.5 Å². The van der Waals surface area contributed by atoms with Crippen LogP contribution in [0.5, 0.6) is 0 Å². The van der Waals surface area contributed by atoms with Crippen LogP contribution in [0, 0.1) is 6.92 Å². The van der Waals surface area contributed by atoms with E-state index in [-0.39, 0.29) is 4.90 Å². The number of nitrogens with zero attached hydrogens (tertiary/aromatic N) is 3. The van der Waals surface area contributed by atoms with Crippen LogP contribution in [0.15, 0.2) is 87.3 Å². The molecule has 1 amide bonds. The van der Waals surface area contributed by atoms with E-state index in [2.05, 4.69) is 26.5 Å². The first kappa shape index (κ1) is 24.5. The number of carbonyl (C=O) groups is 1. The van der Waals surface area contributed by atoms with Crippen molar-refractivity contribution in [1.29, 1.82) is 0 Å². The van der Waals surface area contributed by atoms with E-state index in [1.165, 1.54) is 18.3 Å². The van der Waals surface area contributed by atoms with Gasteiger partial charge < -0.3 is 4.90 Å². The average molecular weight is 529 g/mol. The Morgan fingerprint density at radius 1 is 1.03 bits per heavy atom. The lowest BCUT2D eigenvalue weighted by molar-refractivity contribution is -0.119. The highest BCUT2D eigenvalue weighted by Gasteiger charge is 2.27. The zero-order valence-corrected chi connectivity index (χ0v) is 21.0. The van der Waals surface area contributed by atoms with Crippen molar-refractivity contribution in [2.75, 3.05) is 29.8 Å². The van der Waals surface area contributed by atoms with Crippen LogP contribution in [0.2, 0.25) is 0 Å². The first-order valence-corrected chi connectivity index (χ1v) is 12.3. The number of nitrogens with one attached hydrogen (secondary N) is 1. The van der Waals surface area contributed by atoms with Crippen molar-refractivity contribution in [3.05, 3.63) is 88.4 Å².